The number of imidazole rings is 1. The van der Waals surface area contributed by atoms with Gasteiger partial charge in [-0.25, -0.2) is 9.78 Å². The number of ether oxygens (including phenoxy) is 1. The molecule has 0 spiro atoms. The quantitative estimate of drug-likeness (QED) is 0.770. The van der Waals surface area contributed by atoms with Crippen LogP contribution in [0.15, 0.2) is 36.7 Å². The molecule has 2 N–H and O–H groups in total. The fraction of sp³-hybridized carbons (Fsp3) is 0.333. The zero-order chi connectivity index (χ0) is 18.5. The van der Waals surface area contributed by atoms with Gasteiger partial charge in [-0.3, -0.25) is 9.59 Å². The number of carbonyl (C=O) groups is 3. The van der Waals surface area contributed by atoms with Crippen molar-refractivity contribution in [1.29, 1.82) is 0 Å². The predicted octanol–water partition coefficient (Wildman–Crippen LogP) is 0.770. The summed E-state index contributed by atoms with van der Waals surface area (Å²) in [5, 5.41) is 2.79. The summed E-state index contributed by atoms with van der Waals surface area (Å²) < 4.78 is 4.95. The predicted molar refractivity (Wildman–Crippen MR) is 92.5 cm³/mol. The van der Waals surface area contributed by atoms with Gasteiger partial charge in [-0.15, -0.1) is 0 Å². The molecule has 1 atom stereocenters. The third-order valence-corrected chi connectivity index (χ3v) is 4.19. The summed E-state index contributed by atoms with van der Waals surface area (Å²) >= 11 is 0. The number of hydrogen-bond acceptors (Lipinski definition) is 5. The van der Waals surface area contributed by atoms with E-state index in [1.54, 1.807) is 6.92 Å². The van der Waals surface area contributed by atoms with E-state index < -0.39 is 17.9 Å². The molecule has 0 radical (unpaired) electrons. The van der Waals surface area contributed by atoms with Crippen LogP contribution in [-0.4, -0.2) is 58.4 Å². The Bertz CT molecular complexity index is 803. The maximum atomic E-state index is 13.0. The normalized spacial score (nSPS) is 16.9. The first kappa shape index (κ1) is 17.7. The fourth-order valence-electron chi connectivity index (χ4n) is 2.95. The second-order valence-electron chi connectivity index (χ2n) is 5.84. The molecule has 1 saturated heterocycles. The van der Waals surface area contributed by atoms with Crippen molar-refractivity contribution < 1.29 is 19.1 Å². The van der Waals surface area contributed by atoms with Crippen molar-refractivity contribution in [2.45, 2.75) is 19.4 Å². The smallest absolute Gasteiger partial charge is 0.357 e. The van der Waals surface area contributed by atoms with Crippen LogP contribution in [0.25, 0.3) is 0 Å². The number of nitrogens with one attached hydrogen (secondary N) is 2. The molecule has 0 aliphatic carbocycles. The van der Waals surface area contributed by atoms with Crippen LogP contribution >= 0.6 is 0 Å². The molecule has 2 heterocycles. The topological polar surface area (TPSA) is 104 Å². The second kappa shape index (κ2) is 7.81. The fourth-order valence-corrected chi connectivity index (χ4v) is 2.95. The summed E-state index contributed by atoms with van der Waals surface area (Å²) in [4.78, 5) is 45.5. The van der Waals surface area contributed by atoms with Gasteiger partial charge in [0.25, 0.3) is 5.91 Å². The monoisotopic (exact) mass is 356 g/mol. The average Bonchev–Trinajstić information content (AvgIpc) is 3.14. The van der Waals surface area contributed by atoms with Crippen molar-refractivity contribution in [2.24, 2.45) is 0 Å². The van der Waals surface area contributed by atoms with Gasteiger partial charge in [0.2, 0.25) is 5.91 Å². The molecule has 8 heteroatoms. The Kier molecular flexibility index (Phi) is 5.31. The van der Waals surface area contributed by atoms with E-state index in [9.17, 15) is 14.4 Å². The van der Waals surface area contributed by atoms with E-state index in [1.165, 1.54) is 11.2 Å². The SMILES string of the molecule is CCOC(=O)c1[nH]cnc1C(=O)N1CCNC(=O)[C@@H]1Cc1ccccc1. The van der Waals surface area contributed by atoms with Crippen molar-refractivity contribution >= 4 is 17.8 Å². The molecule has 3 rings (SSSR count). The highest BCUT2D eigenvalue weighted by Gasteiger charge is 2.36. The van der Waals surface area contributed by atoms with Crippen LogP contribution in [0.4, 0.5) is 0 Å². The van der Waals surface area contributed by atoms with Gasteiger partial charge < -0.3 is 19.9 Å². The highest BCUT2D eigenvalue weighted by atomic mass is 16.5. The lowest BCUT2D eigenvalue weighted by molar-refractivity contribution is -0.127. The Morgan fingerprint density at radius 1 is 1.31 bits per heavy atom. The molecule has 1 aromatic heterocycles. The highest BCUT2D eigenvalue weighted by Crippen LogP contribution is 2.17. The minimum Gasteiger partial charge on any atom is -0.461 e. The Hall–Kier alpha value is -3.16. The third kappa shape index (κ3) is 3.58. The first-order chi connectivity index (χ1) is 12.6. The number of nitrogens with zero attached hydrogens (tertiary/aromatic N) is 2. The van der Waals surface area contributed by atoms with Crippen molar-refractivity contribution in [3.63, 3.8) is 0 Å². The number of carbonyl (C=O) groups excluding carboxylic acids is 3. The molecule has 1 fully saturated rings. The van der Waals surface area contributed by atoms with Gasteiger partial charge in [0.15, 0.2) is 11.4 Å². The highest BCUT2D eigenvalue weighted by molar-refractivity contribution is 6.04. The Balaban J connectivity index is 1.86. The number of H-pyrrole nitrogens is 1. The van der Waals surface area contributed by atoms with Crippen LogP contribution < -0.4 is 5.32 Å². The van der Waals surface area contributed by atoms with Crippen molar-refractivity contribution in [3.05, 3.63) is 53.6 Å². The molecule has 2 aromatic rings. The van der Waals surface area contributed by atoms with Crippen LogP contribution in [0.3, 0.4) is 0 Å². The number of amides is 2. The average molecular weight is 356 g/mol. The number of hydrogen-bond donors (Lipinski definition) is 2. The minimum absolute atomic E-state index is 0.00120. The first-order valence-corrected chi connectivity index (χ1v) is 8.45. The van der Waals surface area contributed by atoms with E-state index in [-0.39, 0.29) is 23.9 Å². The molecule has 26 heavy (non-hydrogen) atoms. The molecule has 1 aliphatic heterocycles. The molecular weight excluding hydrogens is 336 g/mol. The third-order valence-electron chi connectivity index (χ3n) is 4.19. The number of aromatic amines is 1. The van der Waals surface area contributed by atoms with Gasteiger partial charge in [0.1, 0.15) is 6.04 Å². The Labute approximate surface area is 150 Å². The molecular formula is C18H20N4O4. The minimum atomic E-state index is -0.662. The maximum Gasteiger partial charge on any atom is 0.357 e. The van der Waals surface area contributed by atoms with Gasteiger partial charge in [-0.05, 0) is 12.5 Å². The van der Waals surface area contributed by atoms with Crippen LogP contribution in [0, 0.1) is 0 Å². The summed E-state index contributed by atoms with van der Waals surface area (Å²) in [5.74, 6) is -1.33. The van der Waals surface area contributed by atoms with Crippen LogP contribution in [0.5, 0.6) is 0 Å². The molecule has 136 valence electrons. The van der Waals surface area contributed by atoms with E-state index >= 15 is 0 Å². The summed E-state index contributed by atoms with van der Waals surface area (Å²) in [5.41, 5.74) is 0.914. The summed E-state index contributed by atoms with van der Waals surface area (Å²) in [6, 6.07) is 8.81. The Morgan fingerprint density at radius 2 is 2.08 bits per heavy atom. The number of piperazine rings is 1. The Morgan fingerprint density at radius 3 is 2.81 bits per heavy atom. The number of esters is 1. The molecule has 1 aliphatic rings. The number of rotatable bonds is 5. The molecule has 0 saturated carbocycles. The van der Waals surface area contributed by atoms with Gasteiger partial charge in [-0.2, -0.15) is 0 Å². The maximum absolute atomic E-state index is 13.0. The lowest BCUT2D eigenvalue weighted by atomic mass is 10.0. The van der Waals surface area contributed by atoms with Gasteiger partial charge >= 0.3 is 5.97 Å². The number of aromatic nitrogens is 2. The summed E-state index contributed by atoms with van der Waals surface area (Å²) in [7, 11) is 0. The lowest BCUT2D eigenvalue weighted by Crippen LogP contribution is -2.58. The van der Waals surface area contributed by atoms with E-state index in [0.29, 0.717) is 19.5 Å². The van der Waals surface area contributed by atoms with Crippen LogP contribution in [0.2, 0.25) is 0 Å². The molecule has 0 bridgehead atoms. The molecule has 0 unspecified atom stereocenters. The van der Waals surface area contributed by atoms with Crippen molar-refractivity contribution in [3.8, 4) is 0 Å². The second-order valence-corrected chi connectivity index (χ2v) is 5.84. The largest absolute Gasteiger partial charge is 0.461 e. The molecule has 2 amide bonds. The van der Waals surface area contributed by atoms with Crippen molar-refractivity contribution in [1.82, 2.24) is 20.2 Å². The molecule has 1 aromatic carbocycles. The summed E-state index contributed by atoms with van der Waals surface area (Å²) in [6.45, 7) is 2.57. The van der Waals surface area contributed by atoms with Gasteiger partial charge in [-0.1, -0.05) is 30.3 Å². The first-order valence-electron chi connectivity index (χ1n) is 8.45. The standard InChI is InChI=1S/C18H20N4O4/c1-2-26-18(25)15-14(20-11-21-15)17(24)22-9-8-19-16(23)13(22)10-12-6-4-3-5-7-12/h3-7,11,13H,2,8-10H2,1H3,(H,19,23)(H,20,21)/t13-/m0/s1. The summed E-state index contributed by atoms with van der Waals surface area (Å²) in [6.07, 6.45) is 1.66. The number of benzene rings is 1. The molecule has 8 nitrogen and oxygen atoms in total. The lowest BCUT2D eigenvalue weighted by Gasteiger charge is -2.34. The van der Waals surface area contributed by atoms with E-state index in [0.717, 1.165) is 5.56 Å². The van der Waals surface area contributed by atoms with Crippen molar-refractivity contribution in [2.75, 3.05) is 19.7 Å². The van der Waals surface area contributed by atoms with Gasteiger partial charge in [0, 0.05) is 19.5 Å². The van der Waals surface area contributed by atoms with E-state index in [1.807, 2.05) is 30.3 Å². The zero-order valence-corrected chi connectivity index (χ0v) is 14.4. The van der Waals surface area contributed by atoms with E-state index in [2.05, 4.69) is 15.3 Å². The zero-order valence-electron chi connectivity index (χ0n) is 14.4. The van der Waals surface area contributed by atoms with Crippen LogP contribution in [-0.2, 0) is 16.0 Å². The van der Waals surface area contributed by atoms with Crippen LogP contribution in [0.1, 0.15) is 33.5 Å². The van der Waals surface area contributed by atoms with E-state index in [4.69, 9.17) is 4.74 Å². The van der Waals surface area contributed by atoms with Gasteiger partial charge in [0.05, 0.1) is 12.9 Å².